The molecule has 1 radical (unpaired) electrons. The average molecular weight is 189 g/mol. The van der Waals surface area contributed by atoms with Gasteiger partial charge in [-0.3, -0.25) is 9.90 Å². The van der Waals surface area contributed by atoms with Crippen LogP contribution in [-0.2, 0) is 9.90 Å². The first-order valence-electron chi connectivity index (χ1n) is 4.38. The Kier molecular flexibility index (Phi) is 2.18. The van der Waals surface area contributed by atoms with E-state index in [1.165, 1.54) is 12.1 Å². The van der Waals surface area contributed by atoms with Crippen LogP contribution in [0.3, 0.4) is 0 Å². The molecule has 0 aliphatic carbocycles. The zero-order chi connectivity index (χ0) is 9.97. The van der Waals surface area contributed by atoms with Crippen LogP contribution in [0.1, 0.15) is 18.4 Å². The monoisotopic (exact) mass is 189 g/mol. The van der Waals surface area contributed by atoms with Gasteiger partial charge in [-0.05, 0) is 12.1 Å². The van der Waals surface area contributed by atoms with Gasteiger partial charge in [0.1, 0.15) is 0 Å². The van der Waals surface area contributed by atoms with Crippen LogP contribution in [0.4, 0.5) is 0 Å². The van der Waals surface area contributed by atoms with Crippen LogP contribution in [0.15, 0.2) is 29.4 Å². The summed E-state index contributed by atoms with van der Waals surface area (Å²) in [6.45, 7) is 0. The molecule has 71 valence electrons. The van der Waals surface area contributed by atoms with Crippen molar-refractivity contribution in [1.29, 1.82) is 0 Å². The molecule has 1 amide bonds. The van der Waals surface area contributed by atoms with Crippen molar-refractivity contribution in [3.63, 3.8) is 0 Å². The Morgan fingerprint density at radius 2 is 2.14 bits per heavy atom. The lowest BCUT2D eigenvalue weighted by Gasteiger charge is -2.11. The van der Waals surface area contributed by atoms with E-state index in [-0.39, 0.29) is 11.7 Å². The molecule has 0 unspecified atom stereocenters. The minimum Gasteiger partial charge on any atom is -0.290 e. The molecule has 1 heterocycles. The van der Waals surface area contributed by atoms with Gasteiger partial charge >= 0.3 is 0 Å². The molecule has 0 saturated heterocycles. The Morgan fingerprint density at radius 3 is 2.79 bits per heavy atom. The molecule has 1 aromatic carbocycles. The topological polar surface area (TPSA) is 61.4 Å². The molecule has 0 aromatic heterocycles. The van der Waals surface area contributed by atoms with Gasteiger partial charge in [-0.25, -0.2) is 5.43 Å². The second-order valence-corrected chi connectivity index (χ2v) is 3.12. The van der Waals surface area contributed by atoms with Crippen LogP contribution < -0.4 is 5.43 Å². The molecule has 0 bridgehead atoms. The number of carbonyl (C=O) groups is 1. The fraction of sp³-hybridized carbons (Fsp3) is 0.200. The molecule has 0 saturated carbocycles. The van der Waals surface area contributed by atoms with Crippen molar-refractivity contribution >= 4 is 11.6 Å². The molecule has 1 aliphatic rings. The highest BCUT2D eigenvalue weighted by Gasteiger charge is 2.13. The minimum atomic E-state index is -0.0768. The van der Waals surface area contributed by atoms with Gasteiger partial charge in [0.2, 0.25) is 5.91 Å². The Balaban J connectivity index is 2.27. The standard InChI is InChI=1S/C10H9N2O2/c13-8-3-1-2-7(6-8)9-4-5-10(14)12-11-9/h1-3,6H,4-5H2,(H,12,14). The molecule has 4 nitrogen and oxygen atoms in total. The number of carbonyl (C=O) groups excluding carboxylic acids is 1. The highest BCUT2D eigenvalue weighted by Crippen LogP contribution is 2.15. The van der Waals surface area contributed by atoms with Crippen molar-refractivity contribution in [2.24, 2.45) is 5.10 Å². The van der Waals surface area contributed by atoms with E-state index in [9.17, 15) is 9.90 Å². The zero-order valence-corrected chi connectivity index (χ0v) is 7.49. The van der Waals surface area contributed by atoms with E-state index in [1.54, 1.807) is 6.07 Å². The number of amides is 1. The van der Waals surface area contributed by atoms with Crippen LogP contribution in [0.25, 0.3) is 0 Å². The van der Waals surface area contributed by atoms with Gasteiger partial charge in [-0.15, -0.1) is 0 Å². The Bertz CT molecular complexity index is 399. The molecule has 4 heteroatoms. The molecule has 0 spiro atoms. The predicted molar refractivity (Wildman–Crippen MR) is 50.5 cm³/mol. The third kappa shape index (κ3) is 1.74. The van der Waals surface area contributed by atoms with Crippen LogP contribution in [-0.4, -0.2) is 11.6 Å². The number of rotatable bonds is 1. The van der Waals surface area contributed by atoms with Crippen molar-refractivity contribution in [1.82, 2.24) is 5.43 Å². The van der Waals surface area contributed by atoms with Gasteiger partial charge in [0.25, 0.3) is 0 Å². The van der Waals surface area contributed by atoms with E-state index in [0.717, 1.165) is 11.3 Å². The molecule has 0 atom stereocenters. The van der Waals surface area contributed by atoms with Gasteiger partial charge < -0.3 is 0 Å². The van der Waals surface area contributed by atoms with Crippen molar-refractivity contribution in [3.05, 3.63) is 29.8 Å². The lowest BCUT2D eigenvalue weighted by molar-refractivity contribution is -0.121. The third-order valence-corrected chi connectivity index (χ3v) is 2.07. The molecule has 2 rings (SSSR count). The van der Waals surface area contributed by atoms with Gasteiger partial charge in [-0.2, -0.15) is 5.10 Å². The van der Waals surface area contributed by atoms with E-state index in [4.69, 9.17) is 0 Å². The summed E-state index contributed by atoms with van der Waals surface area (Å²) in [5.41, 5.74) is 3.95. The molecule has 1 aliphatic heterocycles. The maximum absolute atomic E-state index is 11.1. The molecular formula is C10H9N2O2. The van der Waals surface area contributed by atoms with E-state index >= 15 is 0 Å². The summed E-state index contributed by atoms with van der Waals surface area (Å²) in [7, 11) is 0. The Hall–Kier alpha value is -1.84. The second kappa shape index (κ2) is 3.49. The fourth-order valence-electron chi connectivity index (χ4n) is 1.36. The summed E-state index contributed by atoms with van der Waals surface area (Å²) in [4.78, 5) is 10.8. The number of nitrogens with one attached hydrogen (secondary N) is 1. The van der Waals surface area contributed by atoms with E-state index in [0.29, 0.717) is 12.8 Å². The van der Waals surface area contributed by atoms with Crippen molar-refractivity contribution in [2.75, 3.05) is 0 Å². The third-order valence-electron chi connectivity index (χ3n) is 2.07. The SMILES string of the molecule is [O]c1cccc(C2=NNC(=O)CC2)c1. The summed E-state index contributed by atoms with van der Waals surface area (Å²) in [5, 5.41) is 15.0. The highest BCUT2D eigenvalue weighted by atomic mass is 16.3. The lowest BCUT2D eigenvalue weighted by Crippen LogP contribution is -2.25. The molecule has 1 aromatic rings. The molecular weight excluding hydrogens is 180 g/mol. The van der Waals surface area contributed by atoms with Crippen molar-refractivity contribution in [3.8, 4) is 5.75 Å². The van der Waals surface area contributed by atoms with Crippen LogP contribution >= 0.6 is 0 Å². The second-order valence-electron chi connectivity index (χ2n) is 3.12. The first-order valence-corrected chi connectivity index (χ1v) is 4.38. The number of hydrogen-bond acceptors (Lipinski definition) is 2. The fourth-order valence-corrected chi connectivity index (χ4v) is 1.36. The first-order chi connectivity index (χ1) is 6.75. The highest BCUT2D eigenvalue weighted by molar-refractivity contribution is 6.04. The number of benzene rings is 1. The Morgan fingerprint density at radius 1 is 1.29 bits per heavy atom. The minimum absolute atomic E-state index is 0.0397. The molecule has 0 fully saturated rings. The average Bonchev–Trinajstić information content (AvgIpc) is 2.19. The summed E-state index contributed by atoms with van der Waals surface area (Å²) in [6.07, 6.45) is 1.03. The largest absolute Gasteiger partial charge is 0.290 e. The maximum atomic E-state index is 11.1. The number of hydrogen-bond donors (Lipinski definition) is 1. The van der Waals surface area contributed by atoms with Gasteiger partial charge in [-0.1, -0.05) is 12.1 Å². The van der Waals surface area contributed by atoms with Gasteiger partial charge in [0.15, 0.2) is 5.75 Å². The summed E-state index contributed by atoms with van der Waals surface area (Å²) in [5.74, 6) is -0.117. The first kappa shape index (κ1) is 8.74. The normalized spacial score (nSPS) is 16.0. The number of nitrogens with zero attached hydrogens (tertiary/aromatic N) is 1. The van der Waals surface area contributed by atoms with E-state index in [2.05, 4.69) is 10.5 Å². The number of hydrazone groups is 1. The Labute approximate surface area is 81.3 Å². The quantitative estimate of drug-likeness (QED) is 0.713. The smallest absolute Gasteiger partial charge is 0.240 e. The van der Waals surface area contributed by atoms with Crippen LogP contribution in [0.2, 0.25) is 0 Å². The zero-order valence-electron chi connectivity index (χ0n) is 7.49. The van der Waals surface area contributed by atoms with Gasteiger partial charge in [0, 0.05) is 18.4 Å². The van der Waals surface area contributed by atoms with Crippen molar-refractivity contribution < 1.29 is 9.90 Å². The van der Waals surface area contributed by atoms with E-state index in [1.807, 2.05) is 6.07 Å². The molecule has 1 N–H and O–H groups in total. The maximum Gasteiger partial charge on any atom is 0.240 e. The van der Waals surface area contributed by atoms with E-state index < -0.39 is 0 Å². The van der Waals surface area contributed by atoms with Crippen LogP contribution in [0.5, 0.6) is 5.75 Å². The van der Waals surface area contributed by atoms with Crippen molar-refractivity contribution in [2.45, 2.75) is 12.8 Å². The summed E-state index contributed by atoms with van der Waals surface area (Å²) < 4.78 is 0. The van der Waals surface area contributed by atoms with Gasteiger partial charge in [0.05, 0.1) is 5.71 Å². The summed E-state index contributed by atoms with van der Waals surface area (Å²) >= 11 is 0. The lowest BCUT2D eigenvalue weighted by atomic mass is 10.0. The summed E-state index contributed by atoms with van der Waals surface area (Å²) in [6, 6.07) is 6.52. The van der Waals surface area contributed by atoms with Crippen LogP contribution in [0, 0.1) is 0 Å². The predicted octanol–water partition coefficient (Wildman–Crippen LogP) is 1.44. The molecule has 14 heavy (non-hydrogen) atoms.